The molecular weight excluding hydrogens is 266 g/mol. The Morgan fingerprint density at radius 1 is 1.14 bits per heavy atom. The molecule has 0 atom stereocenters. The van der Waals surface area contributed by atoms with Crippen molar-refractivity contribution >= 4 is 0 Å². The molecule has 3 aromatic rings. The largest absolute Gasteiger partial charge is 0.439 e. The molecule has 0 aliphatic rings. The van der Waals surface area contributed by atoms with Gasteiger partial charge in [0.25, 0.3) is 0 Å². The molecule has 0 amide bonds. The maximum absolute atomic E-state index is 5.78. The van der Waals surface area contributed by atoms with Gasteiger partial charge < -0.3 is 4.74 Å². The minimum Gasteiger partial charge on any atom is -0.439 e. The molecule has 3 rings (SSSR count). The minimum absolute atomic E-state index is 0.563. The van der Waals surface area contributed by atoms with Crippen LogP contribution in [0.4, 0.5) is 0 Å². The highest BCUT2D eigenvalue weighted by Crippen LogP contribution is 2.21. The lowest BCUT2D eigenvalue weighted by molar-refractivity contribution is 0.458. The fourth-order valence-electron chi connectivity index (χ4n) is 1.94. The molecule has 0 spiro atoms. The number of ether oxygens (including phenoxy) is 1. The van der Waals surface area contributed by atoms with Crippen LogP contribution in [0.25, 0.3) is 5.69 Å². The van der Waals surface area contributed by atoms with Gasteiger partial charge in [0.05, 0.1) is 5.69 Å². The van der Waals surface area contributed by atoms with E-state index in [-0.39, 0.29) is 0 Å². The number of rotatable bonds is 4. The summed E-state index contributed by atoms with van der Waals surface area (Å²) in [7, 11) is 0. The summed E-state index contributed by atoms with van der Waals surface area (Å²) in [4.78, 5) is 12.6. The van der Waals surface area contributed by atoms with Crippen molar-refractivity contribution in [3.63, 3.8) is 0 Å². The molecule has 0 unspecified atom stereocenters. The van der Waals surface area contributed by atoms with Gasteiger partial charge in [-0.1, -0.05) is 6.92 Å². The number of aromatic nitrogens is 5. The van der Waals surface area contributed by atoms with Crippen LogP contribution in [0.2, 0.25) is 0 Å². The molecular formula is C15H15N5O. The zero-order chi connectivity index (χ0) is 14.7. The van der Waals surface area contributed by atoms with Crippen molar-refractivity contribution in [2.45, 2.75) is 20.3 Å². The van der Waals surface area contributed by atoms with E-state index < -0.39 is 0 Å². The summed E-state index contributed by atoms with van der Waals surface area (Å²) in [5.74, 6) is 2.07. The van der Waals surface area contributed by atoms with Crippen molar-refractivity contribution in [3.8, 4) is 17.3 Å². The highest BCUT2D eigenvalue weighted by molar-refractivity contribution is 5.37. The van der Waals surface area contributed by atoms with E-state index in [1.807, 2.05) is 44.2 Å². The molecule has 0 bridgehead atoms. The molecule has 1 aromatic carbocycles. The Kier molecular flexibility index (Phi) is 3.59. The Balaban J connectivity index is 1.80. The first-order chi connectivity index (χ1) is 10.2. The number of aryl methyl sites for hydroxylation is 2. The smallest absolute Gasteiger partial charge is 0.222 e. The summed E-state index contributed by atoms with van der Waals surface area (Å²) in [6, 6.07) is 9.40. The quantitative estimate of drug-likeness (QED) is 0.735. The first kappa shape index (κ1) is 13.2. The second-order valence-electron chi connectivity index (χ2n) is 4.55. The number of hydrogen-bond acceptors (Lipinski definition) is 5. The predicted octanol–water partition coefficient (Wildman–Crippen LogP) is 2.72. The van der Waals surface area contributed by atoms with E-state index in [2.05, 4.69) is 20.1 Å². The van der Waals surface area contributed by atoms with Gasteiger partial charge in [-0.05, 0) is 31.2 Å². The molecule has 0 aliphatic heterocycles. The normalized spacial score (nSPS) is 10.6. The summed E-state index contributed by atoms with van der Waals surface area (Å²) >= 11 is 0. The maximum atomic E-state index is 5.78. The van der Waals surface area contributed by atoms with Gasteiger partial charge in [0.2, 0.25) is 5.88 Å². The van der Waals surface area contributed by atoms with Crippen LogP contribution in [-0.4, -0.2) is 24.7 Å². The summed E-state index contributed by atoms with van der Waals surface area (Å²) in [6.45, 7) is 3.95. The summed E-state index contributed by atoms with van der Waals surface area (Å²) < 4.78 is 7.47. The van der Waals surface area contributed by atoms with Gasteiger partial charge in [0, 0.05) is 18.2 Å². The number of benzene rings is 1. The van der Waals surface area contributed by atoms with Gasteiger partial charge >= 0.3 is 0 Å². The molecule has 0 saturated heterocycles. The lowest BCUT2D eigenvalue weighted by atomic mass is 10.3. The van der Waals surface area contributed by atoms with Gasteiger partial charge in [0.15, 0.2) is 0 Å². The first-order valence-corrected chi connectivity index (χ1v) is 6.72. The average Bonchev–Trinajstić information content (AvgIpc) is 3.01. The Bertz CT molecular complexity index is 722. The average molecular weight is 281 g/mol. The molecule has 21 heavy (non-hydrogen) atoms. The second-order valence-corrected chi connectivity index (χ2v) is 4.55. The van der Waals surface area contributed by atoms with Crippen LogP contribution in [0.3, 0.4) is 0 Å². The van der Waals surface area contributed by atoms with Gasteiger partial charge in [0.1, 0.15) is 24.2 Å². The molecule has 106 valence electrons. The van der Waals surface area contributed by atoms with Gasteiger partial charge in [-0.2, -0.15) is 10.1 Å². The third-order valence-corrected chi connectivity index (χ3v) is 2.94. The van der Waals surface area contributed by atoms with Crippen LogP contribution in [-0.2, 0) is 6.42 Å². The Hall–Kier alpha value is -2.76. The highest BCUT2D eigenvalue weighted by Gasteiger charge is 2.04. The Labute approximate surface area is 122 Å². The van der Waals surface area contributed by atoms with Crippen LogP contribution in [0.1, 0.15) is 18.4 Å². The van der Waals surface area contributed by atoms with Crippen molar-refractivity contribution in [2.24, 2.45) is 0 Å². The third kappa shape index (κ3) is 3.05. The Morgan fingerprint density at radius 3 is 2.62 bits per heavy atom. The summed E-state index contributed by atoms with van der Waals surface area (Å²) in [5.41, 5.74) is 1.82. The second kappa shape index (κ2) is 5.70. The monoisotopic (exact) mass is 281 g/mol. The van der Waals surface area contributed by atoms with E-state index in [9.17, 15) is 0 Å². The minimum atomic E-state index is 0.563. The van der Waals surface area contributed by atoms with Crippen LogP contribution >= 0.6 is 0 Å². The van der Waals surface area contributed by atoms with E-state index in [0.29, 0.717) is 5.88 Å². The zero-order valence-corrected chi connectivity index (χ0v) is 11.9. The SMILES string of the molecule is CCc1nc(C)cc(Oc2ccc(-n3cncn3)cc2)n1. The standard InChI is InChI=1S/C15H15N5O/c1-3-14-18-11(2)8-15(19-14)21-13-6-4-12(5-7-13)20-10-16-9-17-20/h4-10H,3H2,1-2H3. The van der Waals surface area contributed by atoms with E-state index in [0.717, 1.165) is 29.4 Å². The van der Waals surface area contributed by atoms with Crippen LogP contribution in [0.5, 0.6) is 11.6 Å². The van der Waals surface area contributed by atoms with Gasteiger partial charge in [-0.25, -0.2) is 14.6 Å². The van der Waals surface area contributed by atoms with Crippen molar-refractivity contribution in [1.29, 1.82) is 0 Å². The molecule has 0 saturated carbocycles. The van der Waals surface area contributed by atoms with E-state index in [1.54, 1.807) is 11.0 Å². The topological polar surface area (TPSA) is 65.7 Å². The number of nitrogens with zero attached hydrogens (tertiary/aromatic N) is 5. The van der Waals surface area contributed by atoms with Crippen LogP contribution in [0.15, 0.2) is 43.0 Å². The molecule has 0 fully saturated rings. The van der Waals surface area contributed by atoms with Crippen LogP contribution in [0, 0.1) is 6.92 Å². The lowest BCUT2D eigenvalue weighted by Crippen LogP contribution is -1.98. The van der Waals surface area contributed by atoms with E-state index in [4.69, 9.17) is 4.74 Å². The van der Waals surface area contributed by atoms with Crippen molar-refractivity contribution in [3.05, 3.63) is 54.5 Å². The summed E-state index contributed by atoms with van der Waals surface area (Å²) in [6.07, 6.45) is 3.93. The van der Waals surface area contributed by atoms with Gasteiger partial charge in [-0.3, -0.25) is 0 Å². The molecule has 0 radical (unpaired) electrons. The fraction of sp³-hybridized carbons (Fsp3) is 0.200. The molecule has 6 heteroatoms. The molecule has 2 heterocycles. The molecule has 6 nitrogen and oxygen atoms in total. The third-order valence-electron chi connectivity index (χ3n) is 2.94. The van der Waals surface area contributed by atoms with Crippen molar-refractivity contribution in [2.75, 3.05) is 0 Å². The first-order valence-electron chi connectivity index (χ1n) is 6.72. The predicted molar refractivity (Wildman–Crippen MR) is 77.6 cm³/mol. The molecule has 0 N–H and O–H groups in total. The highest BCUT2D eigenvalue weighted by atomic mass is 16.5. The lowest BCUT2D eigenvalue weighted by Gasteiger charge is -2.07. The van der Waals surface area contributed by atoms with Crippen molar-refractivity contribution < 1.29 is 4.74 Å². The molecule has 2 aromatic heterocycles. The van der Waals surface area contributed by atoms with E-state index in [1.165, 1.54) is 6.33 Å². The molecule has 0 aliphatic carbocycles. The van der Waals surface area contributed by atoms with Crippen molar-refractivity contribution in [1.82, 2.24) is 24.7 Å². The Morgan fingerprint density at radius 2 is 1.95 bits per heavy atom. The zero-order valence-electron chi connectivity index (χ0n) is 11.9. The fourth-order valence-corrected chi connectivity index (χ4v) is 1.94. The van der Waals surface area contributed by atoms with Crippen LogP contribution < -0.4 is 4.74 Å². The van der Waals surface area contributed by atoms with E-state index >= 15 is 0 Å². The maximum Gasteiger partial charge on any atom is 0.222 e. The van der Waals surface area contributed by atoms with Gasteiger partial charge in [-0.15, -0.1) is 0 Å². The number of hydrogen-bond donors (Lipinski definition) is 0. The summed E-state index contributed by atoms with van der Waals surface area (Å²) in [5, 5.41) is 4.08.